The third-order valence-corrected chi connectivity index (χ3v) is 7.99. The number of ether oxygens (including phenoxy) is 1. The van der Waals surface area contributed by atoms with Crippen LogP contribution in [0, 0.1) is 11.8 Å². The molecule has 1 saturated carbocycles. The molecule has 4 aliphatic rings. The quantitative estimate of drug-likeness (QED) is 0.617. The molecule has 0 spiro atoms. The molecule has 7 heteroatoms. The summed E-state index contributed by atoms with van der Waals surface area (Å²) in [6.45, 7) is 2.76. The molecule has 2 saturated heterocycles. The number of nitrogens with one attached hydrogen (secondary N) is 1. The van der Waals surface area contributed by atoms with Crippen LogP contribution in [0.2, 0.25) is 0 Å². The van der Waals surface area contributed by atoms with Crippen molar-refractivity contribution in [1.29, 1.82) is 0 Å². The van der Waals surface area contributed by atoms with Crippen molar-refractivity contribution in [2.75, 3.05) is 13.2 Å². The molecule has 4 unspecified atom stereocenters. The predicted molar refractivity (Wildman–Crippen MR) is 131 cm³/mol. The highest BCUT2D eigenvalue weighted by atomic mass is 16.5. The van der Waals surface area contributed by atoms with Crippen LogP contribution in [-0.4, -0.2) is 53.2 Å². The van der Waals surface area contributed by atoms with E-state index in [-0.39, 0.29) is 42.9 Å². The summed E-state index contributed by atoms with van der Waals surface area (Å²) in [5, 5.41) is 12.4. The van der Waals surface area contributed by atoms with Crippen molar-refractivity contribution in [3.05, 3.63) is 59.7 Å². The molecule has 2 bridgehead atoms. The van der Waals surface area contributed by atoms with E-state index in [1.54, 1.807) is 4.90 Å². The van der Waals surface area contributed by atoms with Crippen molar-refractivity contribution < 1.29 is 24.2 Å². The van der Waals surface area contributed by atoms with E-state index in [4.69, 9.17) is 4.74 Å². The summed E-state index contributed by atoms with van der Waals surface area (Å²) < 4.78 is 5.64. The number of nitrogens with zero attached hydrogens (tertiary/aromatic N) is 1. The number of piperidine rings is 2. The number of carbonyl (C=O) groups is 3. The molecule has 7 nitrogen and oxygen atoms in total. The Kier molecular flexibility index (Phi) is 6.50. The monoisotopic (exact) mass is 476 g/mol. The molecular formula is C28H32N2O5. The van der Waals surface area contributed by atoms with Gasteiger partial charge in [0.2, 0.25) is 5.91 Å². The first kappa shape index (κ1) is 23.4. The minimum atomic E-state index is -0.819. The van der Waals surface area contributed by atoms with E-state index in [0.717, 1.165) is 24.0 Å². The second kappa shape index (κ2) is 9.72. The Morgan fingerprint density at radius 1 is 1.06 bits per heavy atom. The number of hydrogen-bond donors (Lipinski definition) is 2. The van der Waals surface area contributed by atoms with E-state index in [0.29, 0.717) is 19.4 Å². The molecule has 0 aromatic heterocycles. The number of carboxylic acid groups (broad SMARTS) is 1. The topological polar surface area (TPSA) is 95.9 Å². The molecule has 2 N–H and O–H groups in total. The summed E-state index contributed by atoms with van der Waals surface area (Å²) >= 11 is 0. The van der Waals surface area contributed by atoms with Crippen molar-refractivity contribution in [1.82, 2.24) is 10.2 Å². The van der Waals surface area contributed by atoms with E-state index >= 15 is 0 Å². The number of hydrogen-bond acceptors (Lipinski definition) is 4. The first-order valence-electron chi connectivity index (χ1n) is 12.6. The van der Waals surface area contributed by atoms with Crippen molar-refractivity contribution in [2.45, 2.75) is 57.0 Å². The van der Waals surface area contributed by atoms with Gasteiger partial charge >= 0.3 is 12.1 Å². The number of rotatable bonds is 7. The van der Waals surface area contributed by atoms with E-state index in [9.17, 15) is 19.5 Å². The summed E-state index contributed by atoms with van der Waals surface area (Å²) in [5.41, 5.74) is 4.64. The minimum absolute atomic E-state index is 0.0216. The molecule has 184 valence electrons. The maximum Gasteiger partial charge on any atom is 0.407 e. The van der Waals surface area contributed by atoms with Gasteiger partial charge in [0.1, 0.15) is 6.61 Å². The van der Waals surface area contributed by atoms with Crippen LogP contribution in [0.4, 0.5) is 4.79 Å². The lowest BCUT2D eigenvalue weighted by atomic mass is 9.72. The Balaban J connectivity index is 1.19. The second-order valence-electron chi connectivity index (χ2n) is 10.0. The van der Waals surface area contributed by atoms with E-state index < -0.39 is 18.0 Å². The van der Waals surface area contributed by atoms with Gasteiger partial charge in [-0.25, -0.2) is 4.79 Å². The maximum atomic E-state index is 13.1. The van der Waals surface area contributed by atoms with Crippen LogP contribution in [0.5, 0.6) is 0 Å². The molecular weight excluding hydrogens is 444 g/mol. The van der Waals surface area contributed by atoms with Gasteiger partial charge in [0, 0.05) is 31.0 Å². The van der Waals surface area contributed by atoms with Crippen LogP contribution in [0.1, 0.15) is 56.1 Å². The Hall–Kier alpha value is -3.35. The van der Waals surface area contributed by atoms with Gasteiger partial charge < -0.3 is 20.1 Å². The fraction of sp³-hybridized carbons (Fsp3) is 0.464. The number of aliphatic carboxylic acids is 1. The minimum Gasteiger partial charge on any atom is -0.481 e. The van der Waals surface area contributed by atoms with Gasteiger partial charge in [-0.05, 0) is 53.9 Å². The zero-order valence-electron chi connectivity index (χ0n) is 20.0. The molecule has 2 amide bonds. The predicted octanol–water partition coefficient (Wildman–Crippen LogP) is 4.41. The van der Waals surface area contributed by atoms with Gasteiger partial charge in [0.15, 0.2) is 0 Å². The van der Waals surface area contributed by atoms with Crippen molar-refractivity contribution in [2.24, 2.45) is 11.8 Å². The van der Waals surface area contributed by atoms with Gasteiger partial charge in [-0.2, -0.15) is 0 Å². The summed E-state index contributed by atoms with van der Waals surface area (Å²) in [4.78, 5) is 39.2. The highest BCUT2D eigenvalue weighted by Crippen LogP contribution is 2.44. The van der Waals surface area contributed by atoms with Crippen LogP contribution < -0.4 is 5.32 Å². The molecule has 2 aliphatic heterocycles. The number of fused-ring (bicyclic) bond motifs is 6. The SMILES string of the molecule is CCC(CC(=O)N1CC2CCC1C(C(=O)O)C2)NC(=O)OCC1c2ccccc2-c2ccccc21. The zero-order valence-corrected chi connectivity index (χ0v) is 20.0. The molecule has 2 heterocycles. The van der Waals surface area contributed by atoms with Crippen LogP contribution in [0.15, 0.2) is 48.5 Å². The third kappa shape index (κ3) is 4.51. The second-order valence-corrected chi connectivity index (χ2v) is 10.0. The lowest BCUT2D eigenvalue weighted by Gasteiger charge is -2.48. The average Bonchev–Trinajstić information content (AvgIpc) is 3.20. The molecule has 3 fully saturated rings. The van der Waals surface area contributed by atoms with Gasteiger partial charge in [0.05, 0.1) is 5.92 Å². The van der Waals surface area contributed by atoms with Crippen molar-refractivity contribution >= 4 is 18.0 Å². The Labute approximate surface area is 205 Å². The molecule has 35 heavy (non-hydrogen) atoms. The average molecular weight is 477 g/mol. The van der Waals surface area contributed by atoms with Crippen LogP contribution in [0.25, 0.3) is 11.1 Å². The zero-order chi connectivity index (χ0) is 24.5. The lowest BCUT2D eigenvalue weighted by molar-refractivity contribution is -0.155. The number of amides is 2. The Morgan fingerprint density at radius 2 is 1.71 bits per heavy atom. The molecule has 0 radical (unpaired) electrons. The fourth-order valence-electron chi connectivity index (χ4n) is 6.18. The van der Waals surface area contributed by atoms with E-state index in [2.05, 4.69) is 29.6 Å². The van der Waals surface area contributed by atoms with Gasteiger partial charge in [-0.1, -0.05) is 55.5 Å². The normalized spacial score (nSPS) is 23.3. The largest absolute Gasteiger partial charge is 0.481 e. The van der Waals surface area contributed by atoms with Gasteiger partial charge in [-0.15, -0.1) is 0 Å². The van der Waals surface area contributed by atoms with Crippen LogP contribution in [0.3, 0.4) is 0 Å². The number of carboxylic acids is 1. The van der Waals surface area contributed by atoms with E-state index in [1.165, 1.54) is 11.1 Å². The molecule has 2 aromatic carbocycles. The molecule has 6 rings (SSSR count). The summed E-state index contributed by atoms with van der Waals surface area (Å²) in [6.07, 6.45) is 2.57. The Morgan fingerprint density at radius 3 is 2.31 bits per heavy atom. The highest BCUT2D eigenvalue weighted by Gasteiger charge is 2.46. The number of carbonyl (C=O) groups excluding carboxylic acids is 2. The fourth-order valence-corrected chi connectivity index (χ4v) is 6.18. The Bertz CT molecular complexity index is 1090. The molecule has 4 atom stereocenters. The summed E-state index contributed by atoms with van der Waals surface area (Å²) in [7, 11) is 0. The van der Waals surface area contributed by atoms with E-state index in [1.807, 2.05) is 31.2 Å². The smallest absolute Gasteiger partial charge is 0.407 e. The first-order chi connectivity index (χ1) is 17.0. The van der Waals surface area contributed by atoms with Crippen LogP contribution in [-0.2, 0) is 14.3 Å². The molecule has 2 aromatic rings. The lowest BCUT2D eigenvalue weighted by Crippen LogP contribution is -2.57. The van der Waals surface area contributed by atoms with Gasteiger partial charge in [0.25, 0.3) is 0 Å². The molecule has 2 aliphatic carbocycles. The van der Waals surface area contributed by atoms with Crippen molar-refractivity contribution in [3.63, 3.8) is 0 Å². The number of benzene rings is 2. The van der Waals surface area contributed by atoms with Crippen LogP contribution >= 0.6 is 0 Å². The number of alkyl carbamates (subject to hydrolysis) is 1. The highest BCUT2D eigenvalue weighted by molar-refractivity contribution is 5.81. The standard InChI is InChI=1S/C28H32N2O5/c1-2-18(14-26(31)30-15-17-11-12-25(30)23(13-17)27(32)33)29-28(34)35-16-24-21-9-5-3-7-19(21)20-8-4-6-10-22(20)24/h3-10,17-18,23-25H,2,11-16H2,1H3,(H,29,34)(H,32,33). The summed E-state index contributed by atoms with van der Waals surface area (Å²) in [6, 6.07) is 15.8. The maximum absolute atomic E-state index is 13.1. The third-order valence-electron chi connectivity index (χ3n) is 7.99. The summed E-state index contributed by atoms with van der Waals surface area (Å²) in [5.74, 6) is -1.16. The van der Waals surface area contributed by atoms with Gasteiger partial charge in [-0.3, -0.25) is 9.59 Å². The first-order valence-corrected chi connectivity index (χ1v) is 12.6. The van der Waals surface area contributed by atoms with Crippen molar-refractivity contribution in [3.8, 4) is 11.1 Å².